The minimum absolute atomic E-state index is 0.00148. The number of carbonyl (C=O) groups excluding carboxylic acids is 2. The molecule has 0 spiro atoms. The molecule has 0 bridgehead atoms. The highest BCUT2D eigenvalue weighted by Gasteiger charge is 2.20. The Labute approximate surface area is 88.8 Å². The molecule has 0 aromatic heterocycles. The standard InChI is InChI=1S/C8H17NO3.CO2/c1-4-5-8(12-3)7(2)6-9(10)11;2-1-3/h7-8H,4-6H2,1-3H3;/t7-,8+;/m1./s1. The third kappa shape index (κ3) is 10.7. The van der Waals surface area contributed by atoms with Crippen molar-refractivity contribution < 1.29 is 19.2 Å². The number of ether oxygens (including phenoxy) is 1. The van der Waals surface area contributed by atoms with E-state index in [4.69, 9.17) is 14.3 Å². The summed E-state index contributed by atoms with van der Waals surface area (Å²) in [4.78, 5) is 26.1. The minimum Gasteiger partial charge on any atom is -0.381 e. The van der Waals surface area contributed by atoms with Crippen LogP contribution in [0.2, 0.25) is 0 Å². The van der Waals surface area contributed by atoms with Gasteiger partial charge in [0.1, 0.15) is 0 Å². The number of hydrogen-bond acceptors (Lipinski definition) is 5. The van der Waals surface area contributed by atoms with E-state index in [2.05, 4.69) is 0 Å². The van der Waals surface area contributed by atoms with Gasteiger partial charge in [-0.2, -0.15) is 9.59 Å². The average Bonchev–Trinajstić information content (AvgIpc) is 2.14. The van der Waals surface area contributed by atoms with Gasteiger partial charge in [0.25, 0.3) is 0 Å². The summed E-state index contributed by atoms with van der Waals surface area (Å²) >= 11 is 0. The van der Waals surface area contributed by atoms with Crippen LogP contribution in [0.4, 0.5) is 0 Å². The normalized spacial score (nSPS) is 13.0. The van der Waals surface area contributed by atoms with Gasteiger partial charge in [-0.3, -0.25) is 10.1 Å². The molecule has 0 saturated heterocycles. The van der Waals surface area contributed by atoms with E-state index < -0.39 is 0 Å². The van der Waals surface area contributed by atoms with Gasteiger partial charge in [-0.25, -0.2) is 0 Å². The van der Waals surface area contributed by atoms with Crippen LogP contribution < -0.4 is 0 Å². The molecule has 0 aliphatic rings. The Morgan fingerprint density at radius 2 is 1.93 bits per heavy atom. The van der Waals surface area contributed by atoms with Gasteiger partial charge >= 0.3 is 6.15 Å². The summed E-state index contributed by atoms with van der Waals surface area (Å²) in [6.07, 6.45) is 2.17. The molecule has 6 nitrogen and oxygen atoms in total. The first-order valence-electron chi connectivity index (χ1n) is 4.67. The van der Waals surface area contributed by atoms with Crippen molar-refractivity contribution >= 4 is 6.15 Å². The average molecular weight is 219 g/mol. The first-order chi connectivity index (χ1) is 7.03. The topological polar surface area (TPSA) is 86.5 Å². The van der Waals surface area contributed by atoms with Gasteiger partial charge in [0.15, 0.2) is 0 Å². The quantitative estimate of drug-likeness (QED) is 0.493. The molecule has 0 N–H and O–H groups in total. The Bertz CT molecular complexity index is 201. The number of nitro groups is 1. The van der Waals surface area contributed by atoms with E-state index >= 15 is 0 Å². The second-order valence-corrected chi connectivity index (χ2v) is 3.14. The van der Waals surface area contributed by atoms with Crippen molar-refractivity contribution in [2.45, 2.75) is 32.8 Å². The fourth-order valence-electron chi connectivity index (χ4n) is 1.27. The van der Waals surface area contributed by atoms with E-state index in [-0.39, 0.29) is 29.6 Å². The lowest BCUT2D eigenvalue weighted by molar-refractivity contribution is -0.489. The SMILES string of the molecule is CCC[C@H](OC)[C@H](C)C[N+](=O)[O-].O=C=O. The summed E-state index contributed by atoms with van der Waals surface area (Å²) in [6, 6.07) is 0. The predicted molar refractivity (Wildman–Crippen MR) is 51.7 cm³/mol. The summed E-state index contributed by atoms with van der Waals surface area (Å²) in [5.74, 6) is 0.00458. The monoisotopic (exact) mass is 219 g/mol. The molecule has 0 saturated carbocycles. The number of methoxy groups -OCH3 is 1. The van der Waals surface area contributed by atoms with Crippen molar-refractivity contribution in [2.75, 3.05) is 13.7 Å². The van der Waals surface area contributed by atoms with E-state index in [1.54, 1.807) is 7.11 Å². The second kappa shape index (κ2) is 10.8. The maximum absolute atomic E-state index is 10.2. The number of rotatable bonds is 6. The Balaban J connectivity index is 0. The van der Waals surface area contributed by atoms with Crippen LogP contribution in [0.1, 0.15) is 26.7 Å². The number of hydrogen-bond donors (Lipinski definition) is 0. The summed E-state index contributed by atoms with van der Waals surface area (Å²) in [5.41, 5.74) is 0. The van der Waals surface area contributed by atoms with Crippen LogP contribution >= 0.6 is 0 Å². The molecule has 2 atom stereocenters. The third-order valence-electron chi connectivity index (χ3n) is 1.95. The molecular weight excluding hydrogens is 202 g/mol. The second-order valence-electron chi connectivity index (χ2n) is 3.14. The van der Waals surface area contributed by atoms with Gasteiger partial charge in [0.05, 0.1) is 6.10 Å². The van der Waals surface area contributed by atoms with Crippen LogP contribution in [-0.2, 0) is 14.3 Å². The lowest BCUT2D eigenvalue weighted by Gasteiger charge is -2.18. The van der Waals surface area contributed by atoms with Crippen molar-refractivity contribution in [1.82, 2.24) is 0 Å². The highest BCUT2D eigenvalue weighted by atomic mass is 16.6. The Morgan fingerprint density at radius 1 is 1.47 bits per heavy atom. The first kappa shape index (κ1) is 16.2. The van der Waals surface area contributed by atoms with E-state index in [1.165, 1.54) is 0 Å². The molecule has 0 radical (unpaired) electrons. The van der Waals surface area contributed by atoms with Crippen LogP contribution in [0.5, 0.6) is 0 Å². The summed E-state index contributed by atoms with van der Waals surface area (Å²) in [5, 5.41) is 10.2. The van der Waals surface area contributed by atoms with Crippen LogP contribution in [0.25, 0.3) is 0 Å². The fourth-order valence-corrected chi connectivity index (χ4v) is 1.27. The number of nitrogens with zero attached hydrogens (tertiary/aromatic N) is 1. The van der Waals surface area contributed by atoms with Crippen molar-refractivity contribution in [3.05, 3.63) is 10.1 Å². The molecule has 0 heterocycles. The summed E-state index contributed by atoms with van der Waals surface area (Å²) in [7, 11) is 1.61. The molecule has 0 amide bonds. The van der Waals surface area contributed by atoms with Crippen LogP contribution in [0.3, 0.4) is 0 Å². The van der Waals surface area contributed by atoms with Crippen molar-refractivity contribution in [3.63, 3.8) is 0 Å². The molecule has 0 fully saturated rings. The molecule has 0 rings (SSSR count). The van der Waals surface area contributed by atoms with Gasteiger partial charge in [0.2, 0.25) is 6.54 Å². The Hall–Kier alpha value is -1.26. The van der Waals surface area contributed by atoms with Gasteiger partial charge in [0, 0.05) is 18.0 Å². The molecule has 88 valence electrons. The van der Waals surface area contributed by atoms with Crippen molar-refractivity contribution in [2.24, 2.45) is 5.92 Å². The van der Waals surface area contributed by atoms with Crippen molar-refractivity contribution in [3.8, 4) is 0 Å². The zero-order valence-electron chi connectivity index (χ0n) is 9.26. The molecular formula is C9H17NO5. The maximum atomic E-state index is 10.2. The molecule has 0 aliphatic carbocycles. The van der Waals surface area contributed by atoms with Crippen LogP contribution in [-0.4, -0.2) is 30.8 Å². The maximum Gasteiger partial charge on any atom is 0.373 e. The molecule has 0 aliphatic heterocycles. The summed E-state index contributed by atoms with van der Waals surface area (Å²) < 4.78 is 5.15. The highest BCUT2D eigenvalue weighted by Crippen LogP contribution is 2.12. The minimum atomic E-state index is -0.285. The predicted octanol–water partition coefficient (Wildman–Crippen LogP) is 1.13. The first-order valence-corrected chi connectivity index (χ1v) is 4.67. The van der Waals surface area contributed by atoms with Gasteiger partial charge < -0.3 is 4.74 Å². The van der Waals surface area contributed by atoms with E-state index in [0.29, 0.717) is 0 Å². The largest absolute Gasteiger partial charge is 0.381 e. The third-order valence-corrected chi connectivity index (χ3v) is 1.95. The molecule has 0 aromatic carbocycles. The lowest BCUT2D eigenvalue weighted by atomic mass is 10.0. The van der Waals surface area contributed by atoms with Crippen LogP contribution in [0, 0.1) is 16.0 Å². The smallest absolute Gasteiger partial charge is 0.373 e. The van der Waals surface area contributed by atoms with Crippen molar-refractivity contribution in [1.29, 1.82) is 0 Å². The summed E-state index contributed by atoms with van der Waals surface area (Å²) in [6.45, 7) is 3.90. The molecule has 15 heavy (non-hydrogen) atoms. The fraction of sp³-hybridized carbons (Fsp3) is 0.889. The van der Waals surface area contributed by atoms with Gasteiger partial charge in [-0.15, -0.1) is 0 Å². The van der Waals surface area contributed by atoms with E-state index in [0.717, 1.165) is 12.8 Å². The van der Waals surface area contributed by atoms with E-state index in [1.807, 2.05) is 13.8 Å². The molecule has 6 heteroatoms. The highest BCUT2D eigenvalue weighted by molar-refractivity contribution is 5.20. The lowest BCUT2D eigenvalue weighted by Crippen LogP contribution is -2.26. The molecule has 0 aromatic rings. The van der Waals surface area contributed by atoms with E-state index in [9.17, 15) is 10.1 Å². The zero-order chi connectivity index (χ0) is 12.3. The Kier molecular flexibility index (Phi) is 11.7. The van der Waals surface area contributed by atoms with Crippen LogP contribution in [0.15, 0.2) is 0 Å². The van der Waals surface area contributed by atoms with Gasteiger partial charge in [-0.05, 0) is 6.42 Å². The van der Waals surface area contributed by atoms with Gasteiger partial charge in [-0.1, -0.05) is 20.3 Å². The zero-order valence-corrected chi connectivity index (χ0v) is 9.26. The Morgan fingerprint density at radius 3 is 2.20 bits per heavy atom. The molecule has 0 unspecified atom stereocenters.